The molecule has 24 heavy (non-hydrogen) atoms. The molecule has 1 amide bonds. The average molecular weight is 340 g/mol. The molecule has 0 saturated carbocycles. The van der Waals surface area contributed by atoms with Crippen molar-refractivity contribution in [2.24, 2.45) is 0 Å². The van der Waals surface area contributed by atoms with E-state index in [1.165, 1.54) is 22.7 Å². The molecule has 3 rings (SSSR count). The Kier molecular flexibility index (Phi) is 5.15. The largest absolute Gasteiger partial charge is 0.361 e. The summed E-state index contributed by atoms with van der Waals surface area (Å²) >= 11 is 1.37. The fourth-order valence-corrected chi connectivity index (χ4v) is 3.39. The Balaban J connectivity index is 1.47. The predicted octanol–water partition coefficient (Wildman–Crippen LogP) is 3.03. The topological polar surface area (TPSA) is 70.7 Å². The van der Waals surface area contributed by atoms with Gasteiger partial charge in [0.05, 0.1) is 5.75 Å². The van der Waals surface area contributed by atoms with Gasteiger partial charge in [0.15, 0.2) is 5.16 Å². The lowest BCUT2D eigenvalue weighted by molar-refractivity contribution is -0.118. The van der Waals surface area contributed by atoms with Crippen molar-refractivity contribution >= 4 is 28.6 Å². The van der Waals surface area contributed by atoms with Crippen LogP contribution in [0, 0.1) is 13.8 Å². The summed E-state index contributed by atoms with van der Waals surface area (Å²) in [5.41, 5.74) is 4.19. The third-order valence-electron chi connectivity index (χ3n) is 3.69. The fraction of sp³-hybridized carbons (Fsp3) is 0.278. The molecule has 124 valence electrons. The van der Waals surface area contributed by atoms with Crippen LogP contribution in [-0.4, -0.2) is 33.2 Å². The lowest BCUT2D eigenvalue weighted by atomic mass is 10.1. The molecule has 0 atom stereocenters. The van der Waals surface area contributed by atoms with Gasteiger partial charge in [0.1, 0.15) is 0 Å². The molecule has 2 N–H and O–H groups in total. The Morgan fingerprint density at radius 1 is 1.21 bits per heavy atom. The van der Waals surface area contributed by atoms with Crippen LogP contribution in [0.15, 0.2) is 41.7 Å². The zero-order chi connectivity index (χ0) is 16.9. The summed E-state index contributed by atoms with van der Waals surface area (Å²) in [5.74, 6) is 0.333. The second-order valence-corrected chi connectivity index (χ2v) is 6.62. The van der Waals surface area contributed by atoms with Crippen LogP contribution in [0.2, 0.25) is 0 Å². The van der Waals surface area contributed by atoms with E-state index in [1.54, 1.807) is 0 Å². The molecule has 0 unspecified atom stereocenters. The van der Waals surface area contributed by atoms with Gasteiger partial charge in [-0.3, -0.25) is 4.79 Å². The number of carbonyl (C=O) groups excluding carboxylic acids is 1. The molecule has 1 aromatic carbocycles. The molecule has 0 aliphatic rings. The third kappa shape index (κ3) is 4.14. The molecule has 6 heteroatoms. The van der Waals surface area contributed by atoms with Crippen LogP contribution in [-0.2, 0) is 11.2 Å². The molecular weight excluding hydrogens is 320 g/mol. The molecule has 0 aliphatic carbocycles. The highest BCUT2D eigenvalue weighted by Gasteiger charge is 2.07. The number of hydrogen-bond acceptors (Lipinski definition) is 4. The Morgan fingerprint density at radius 2 is 1.96 bits per heavy atom. The fourth-order valence-electron chi connectivity index (χ4n) is 2.61. The van der Waals surface area contributed by atoms with E-state index in [4.69, 9.17) is 0 Å². The number of aromatic nitrogens is 3. The molecular formula is C18H20N4OS. The van der Waals surface area contributed by atoms with E-state index >= 15 is 0 Å². The third-order valence-corrected chi connectivity index (χ3v) is 4.53. The number of rotatable bonds is 6. The van der Waals surface area contributed by atoms with Gasteiger partial charge in [-0.25, -0.2) is 9.97 Å². The van der Waals surface area contributed by atoms with Gasteiger partial charge in [-0.2, -0.15) is 0 Å². The van der Waals surface area contributed by atoms with Crippen molar-refractivity contribution in [1.82, 2.24) is 20.3 Å². The maximum absolute atomic E-state index is 12.0. The van der Waals surface area contributed by atoms with E-state index in [-0.39, 0.29) is 5.91 Å². The van der Waals surface area contributed by atoms with Crippen molar-refractivity contribution in [2.75, 3.05) is 12.3 Å². The van der Waals surface area contributed by atoms with Gasteiger partial charge in [0, 0.05) is 35.0 Å². The number of benzene rings is 1. The van der Waals surface area contributed by atoms with Crippen LogP contribution in [0.4, 0.5) is 0 Å². The second kappa shape index (κ2) is 7.49. The van der Waals surface area contributed by atoms with Crippen molar-refractivity contribution in [3.8, 4) is 0 Å². The van der Waals surface area contributed by atoms with Gasteiger partial charge >= 0.3 is 0 Å². The predicted molar refractivity (Wildman–Crippen MR) is 97.2 cm³/mol. The minimum Gasteiger partial charge on any atom is -0.361 e. The van der Waals surface area contributed by atoms with Crippen molar-refractivity contribution in [1.29, 1.82) is 0 Å². The van der Waals surface area contributed by atoms with E-state index in [2.05, 4.69) is 32.4 Å². The number of aromatic amines is 1. The number of para-hydroxylation sites is 1. The van der Waals surface area contributed by atoms with Gasteiger partial charge in [-0.05, 0) is 38.0 Å². The summed E-state index contributed by atoms with van der Waals surface area (Å²) < 4.78 is 0. The van der Waals surface area contributed by atoms with Crippen molar-refractivity contribution in [3.05, 3.63) is 53.5 Å². The molecule has 0 aliphatic heterocycles. The van der Waals surface area contributed by atoms with Crippen LogP contribution >= 0.6 is 11.8 Å². The first-order chi connectivity index (χ1) is 11.6. The number of nitrogens with one attached hydrogen (secondary N) is 2. The zero-order valence-electron chi connectivity index (χ0n) is 13.8. The molecule has 0 radical (unpaired) electrons. The van der Waals surface area contributed by atoms with Gasteiger partial charge < -0.3 is 10.3 Å². The van der Waals surface area contributed by atoms with Crippen molar-refractivity contribution in [3.63, 3.8) is 0 Å². The molecule has 0 spiro atoms. The highest BCUT2D eigenvalue weighted by molar-refractivity contribution is 7.99. The van der Waals surface area contributed by atoms with Gasteiger partial charge in [-0.1, -0.05) is 30.0 Å². The highest BCUT2D eigenvalue weighted by Crippen LogP contribution is 2.18. The summed E-state index contributed by atoms with van der Waals surface area (Å²) in [6.45, 7) is 4.48. The number of thioether (sulfide) groups is 1. The summed E-state index contributed by atoms with van der Waals surface area (Å²) in [6, 6.07) is 10.1. The van der Waals surface area contributed by atoms with Gasteiger partial charge in [0.25, 0.3) is 0 Å². The molecule has 0 fully saturated rings. The van der Waals surface area contributed by atoms with Gasteiger partial charge in [-0.15, -0.1) is 0 Å². The number of aryl methyl sites for hydroxylation is 2. The molecule has 5 nitrogen and oxygen atoms in total. The van der Waals surface area contributed by atoms with E-state index in [1.807, 2.05) is 38.2 Å². The monoisotopic (exact) mass is 340 g/mol. The van der Waals surface area contributed by atoms with Gasteiger partial charge in [0.2, 0.25) is 5.91 Å². The molecule has 2 aromatic heterocycles. The minimum absolute atomic E-state index is 0.00241. The lowest BCUT2D eigenvalue weighted by Gasteiger charge is -2.05. The number of H-pyrrole nitrogens is 1. The number of carbonyl (C=O) groups is 1. The molecule has 3 aromatic rings. The normalized spacial score (nSPS) is 10.9. The maximum Gasteiger partial charge on any atom is 0.230 e. The van der Waals surface area contributed by atoms with E-state index in [0.717, 1.165) is 23.3 Å². The Bertz CT molecular complexity index is 839. The van der Waals surface area contributed by atoms with Crippen LogP contribution in [0.1, 0.15) is 17.0 Å². The lowest BCUT2D eigenvalue weighted by Crippen LogP contribution is -2.27. The number of nitrogens with zero attached hydrogens (tertiary/aromatic N) is 2. The maximum atomic E-state index is 12.0. The summed E-state index contributed by atoms with van der Waals surface area (Å²) in [7, 11) is 0. The first-order valence-electron chi connectivity index (χ1n) is 7.88. The second-order valence-electron chi connectivity index (χ2n) is 5.68. The SMILES string of the molecule is Cc1cc(C)nc(SCC(=O)NCCc2c[nH]c3ccccc23)n1. The van der Waals surface area contributed by atoms with Crippen LogP contribution in [0.3, 0.4) is 0 Å². The minimum atomic E-state index is 0.00241. The van der Waals surface area contributed by atoms with Crippen LogP contribution in [0.5, 0.6) is 0 Å². The van der Waals surface area contributed by atoms with Crippen LogP contribution < -0.4 is 5.32 Å². The Morgan fingerprint density at radius 3 is 2.75 bits per heavy atom. The standard InChI is InChI=1S/C18H20N4OS/c1-12-9-13(2)22-18(21-12)24-11-17(23)19-8-7-14-10-20-16-6-4-3-5-15(14)16/h3-6,9-10,20H,7-8,11H2,1-2H3,(H,19,23). The summed E-state index contributed by atoms with van der Waals surface area (Å²) in [4.78, 5) is 23.9. The zero-order valence-corrected chi connectivity index (χ0v) is 14.6. The Hall–Kier alpha value is -2.34. The first-order valence-corrected chi connectivity index (χ1v) is 8.87. The number of hydrogen-bond donors (Lipinski definition) is 2. The van der Waals surface area contributed by atoms with E-state index in [9.17, 15) is 4.79 Å². The average Bonchev–Trinajstić information content (AvgIpc) is 2.96. The number of amides is 1. The molecule has 0 bridgehead atoms. The van der Waals surface area contributed by atoms with E-state index in [0.29, 0.717) is 17.5 Å². The van der Waals surface area contributed by atoms with Crippen molar-refractivity contribution in [2.45, 2.75) is 25.4 Å². The molecule has 2 heterocycles. The quantitative estimate of drug-likeness (QED) is 0.534. The summed E-state index contributed by atoms with van der Waals surface area (Å²) in [5, 5.41) is 4.82. The van der Waals surface area contributed by atoms with E-state index < -0.39 is 0 Å². The molecule has 0 saturated heterocycles. The smallest absolute Gasteiger partial charge is 0.230 e. The summed E-state index contributed by atoms with van der Waals surface area (Å²) in [6.07, 6.45) is 2.81. The highest BCUT2D eigenvalue weighted by atomic mass is 32.2. The van der Waals surface area contributed by atoms with Crippen molar-refractivity contribution < 1.29 is 4.79 Å². The Labute approximate surface area is 145 Å². The van der Waals surface area contributed by atoms with Crippen LogP contribution in [0.25, 0.3) is 10.9 Å². The first kappa shape index (κ1) is 16.5. The number of fused-ring (bicyclic) bond motifs is 1.